The number of hydrogen-bond acceptors (Lipinski definition) is 4. The van der Waals surface area contributed by atoms with E-state index in [-0.39, 0.29) is 5.97 Å². The van der Waals surface area contributed by atoms with E-state index in [0.29, 0.717) is 10.3 Å². The summed E-state index contributed by atoms with van der Waals surface area (Å²) in [7, 11) is 1.36. The zero-order valence-corrected chi connectivity index (χ0v) is 10.3. The number of benzene rings is 1. The molecule has 1 N–H and O–H groups in total. The molecule has 0 bridgehead atoms. The monoisotopic (exact) mass is 259 g/mol. The first kappa shape index (κ1) is 10.9. The van der Waals surface area contributed by atoms with Crippen molar-refractivity contribution in [1.82, 2.24) is 14.4 Å². The van der Waals surface area contributed by atoms with E-state index in [9.17, 15) is 4.79 Å². The zero-order chi connectivity index (χ0) is 12.7. The molecule has 0 aliphatic rings. The molecule has 5 nitrogen and oxygen atoms in total. The number of imidazole rings is 1. The van der Waals surface area contributed by atoms with Gasteiger partial charge in [0.2, 0.25) is 0 Å². The van der Waals surface area contributed by atoms with Crippen LogP contribution in [0.15, 0.2) is 30.7 Å². The summed E-state index contributed by atoms with van der Waals surface area (Å²) in [5.74, 6) is -0.364. The highest BCUT2D eigenvalue weighted by Gasteiger charge is 2.09. The lowest BCUT2D eigenvalue weighted by molar-refractivity contribution is 0.0601. The quantitative estimate of drug-likeness (QED) is 0.538. The zero-order valence-electron chi connectivity index (χ0n) is 9.51. The number of H-pyrrole nitrogens is 1. The summed E-state index contributed by atoms with van der Waals surface area (Å²) < 4.78 is 7.04. The molecule has 0 saturated carbocycles. The number of rotatable bonds is 1. The molecule has 2 aromatic heterocycles. The molecule has 0 saturated heterocycles. The van der Waals surface area contributed by atoms with Gasteiger partial charge in [-0.3, -0.25) is 4.40 Å². The maximum absolute atomic E-state index is 11.5. The van der Waals surface area contributed by atoms with Crippen LogP contribution in [0.3, 0.4) is 0 Å². The van der Waals surface area contributed by atoms with Gasteiger partial charge in [-0.15, -0.1) is 0 Å². The maximum Gasteiger partial charge on any atom is 0.337 e. The van der Waals surface area contributed by atoms with Crippen LogP contribution in [0.2, 0.25) is 0 Å². The lowest BCUT2D eigenvalue weighted by Gasteiger charge is -2.04. The Morgan fingerprint density at radius 2 is 2.33 bits per heavy atom. The number of methoxy groups -OCH3 is 1. The van der Waals surface area contributed by atoms with Crippen molar-refractivity contribution in [1.29, 1.82) is 0 Å². The van der Waals surface area contributed by atoms with Crippen LogP contribution in [0, 0.1) is 4.77 Å². The molecule has 90 valence electrons. The maximum atomic E-state index is 11.5. The number of esters is 1. The van der Waals surface area contributed by atoms with E-state index < -0.39 is 0 Å². The number of hydrogen-bond donors (Lipinski definition) is 1. The Labute approximate surface area is 107 Å². The van der Waals surface area contributed by atoms with Gasteiger partial charge >= 0.3 is 5.97 Å². The fourth-order valence-corrected chi connectivity index (χ4v) is 2.20. The van der Waals surface area contributed by atoms with Gasteiger partial charge in [0.25, 0.3) is 0 Å². The minimum Gasteiger partial charge on any atom is -0.465 e. The minimum atomic E-state index is -0.364. The summed E-state index contributed by atoms with van der Waals surface area (Å²) in [6, 6.07) is 5.28. The third kappa shape index (κ3) is 1.50. The fraction of sp³-hybridized carbons (Fsp3) is 0.0833. The van der Waals surface area contributed by atoms with Gasteiger partial charge in [0, 0.05) is 10.9 Å². The summed E-state index contributed by atoms with van der Waals surface area (Å²) in [5, 5.41) is 0.879. The van der Waals surface area contributed by atoms with Crippen LogP contribution in [0.1, 0.15) is 10.4 Å². The lowest BCUT2D eigenvalue weighted by Crippen LogP contribution is -2.01. The molecular formula is C12H9N3O2S. The molecule has 3 rings (SSSR count). The number of fused-ring (bicyclic) bond motifs is 3. The van der Waals surface area contributed by atoms with Crippen molar-refractivity contribution in [3.05, 3.63) is 41.1 Å². The summed E-state index contributed by atoms with van der Waals surface area (Å²) >= 11 is 5.22. The first-order valence-corrected chi connectivity index (χ1v) is 5.68. The number of ether oxygens (including phenoxy) is 1. The third-order valence-electron chi connectivity index (χ3n) is 2.82. The molecular weight excluding hydrogens is 250 g/mol. The Morgan fingerprint density at radius 3 is 3.11 bits per heavy atom. The van der Waals surface area contributed by atoms with Gasteiger partial charge in [-0.1, -0.05) is 0 Å². The second-order valence-corrected chi connectivity index (χ2v) is 4.22. The third-order valence-corrected chi connectivity index (χ3v) is 3.11. The van der Waals surface area contributed by atoms with E-state index in [2.05, 4.69) is 9.97 Å². The van der Waals surface area contributed by atoms with E-state index >= 15 is 0 Å². The normalized spacial score (nSPS) is 10.9. The standard InChI is InChI=1S/C12H9N3O2S/c1-17-11(16)7-2-3-9-8(4-7)10-5-13-6-15(10)12(18)14-9/h2-6H,1H3,(H,14,18). The second kappa shape index (κ2) is 3.92. The summed E-state index contributed by atoms with van der Waals surface area (Å²) in [5.41, 5.74) is 2.22. The van der Waals surface area contributed by atoms with Gasteiger partial charge < -0.3 is 9.72 Å². The Hall–Kier alpha value is -2.21. The molecule has 6 heteroatoms. The van der Waals surface area contributed by atoms with Crippen molar-refractivity contribution in [2.75, 3.05) is 7.11 Å². The SMILES string of the molecule is COC(=O)c1ccc2[nH]c(=S)n3cncc3c2c1. The van der Waals surface area contributed by atoms with Crippen molar-refractivity contribution in [2.45, 2.75) is 0 Å². The molecule has 0 aliphatic carbocycles. The molecule has 0 spiro atoms. The van der Waals surface area contributed by atoms with Gasteiger partial charge in [0.15, 0.2) is 4.77 Å². The van der Waals surface area contributed by atoms with E-state index in [0.717, 1.165) is 16.4 Å². The van der Waals surface area contributed by atoms with Gasteiger partial charge in [0.1, 0.15) is 6.33 Å². The molecule has 0 aliphatic heterocycles. The highest BCUT2D eigenvalue weighted by atomic mass is 32.1. The van der Waals surface area contributed by atoms with Gasteiger partial charge in [-0.25, -0.2) is 9.78 Å². The van der Waals surface area contributed by atoms with Crippen LogP contribution in [0.5, 0.6) is 0 Å². The molecule has 0 amide bonds. The average molecular weight is 259 g/mol. The fourth-order valence-electron chi connectivity index (χ4n) is 1.94. The van der Waals surface area contributed by atoms with Gasteiger partial charge in [-0.2, -0.15) is 0 Å². The van der Waals surface area contributed by atoms with Gasteiger partial charge in [-0.05, 0) is 30.4 Å². The Balaban J connectivity index is 2.42. The van der Waals surface area contributed by atoms with Crippen molar-refractivity contribution in [2.24, 2.45) is 0 Å². The average Bonchev–Trinajstić information content (AvgIpc) is 2.88. The Bertz CT molecular complexity index is 819. The number of carbonyl (C=O) groups is 1. The van der Waals surface area contributed by atoms with E-state index in [4.69, 9.17) is 17.0 Å². The molecule has 1 aromatic carbocycles. The molecule has 0 radical (unpaired) electrons. The van der Waals surface area contributed by atoms with Crippen molar-refractivity contribution >= 4 is 34.6 Å². The van der Waals surface area contributed by atoms with E-state index in [1.165, 1.54) is 7.11 Å². The first-order valence-electron chi connectivity index (χ1n) is 5.27. The first-order chi connectivity index (χ1) is 8.70. The minimum absolute atomic E-state index is 0.364. The van der Waals surface area contributed by atoms with E-state index in [1.807, 2.05) is 6.07 Å². The molecule has 2 heterocycles. The van der Waals surface area contributed by atoms with Crippen LogP contribution >= 0.6 is 12.2 Å². The number of nitrogens with one attached hydrogen (secondary N) is 1. The van der Waals surface area contributed by atoms with Crippen LogP contribution in [0.25, 0.3) is 16.4 Å². The van der Waals surface area contributed by atoms with E-state index in [1.54, 1.807) is 29.1 Å². The number of aromatic amines is 1. The molecule has 18 heavy (non-hydrogen) atoms. The predicted octanol–water partition coefficient (Wildman–Crippen LogP) is 2.33. The molecule has 0 unspecified atom stereocenters. The number of carbonyl (C=O) groups excluding carboxylic acids is 1. The summed E-state index contributed by atoms with van der Waals surface area (Å²) in [6.45, 7) is 0. The largest absolute Gasteiger partial charge is 0.465 e. The topological polar surface area (TPSA) is 59.4 Å². The van der Waals surface area contributed by atoms with Crippen molar-refractivity contribution < 1.29 is 9.53 Å². The predicted molar refractivity (Wildman–Crippen MR) is 69.2 cm³/mol. The van der Waals surface area contributed by atoms with Crippen LogP contribution in [0.4, 0.5) is 0 Å². The van der Waals surface area contributed by atoms with Crippen molar-refractivity contribution in [3.8, 4) is 0 Å². The summed E-state index contributed by atoms with van der Waals surface area (Å²) in [4.78, 5) is 18.7. The highest BCUT2D eigenvalue weighted by molar-refractivity contribution is 7.71. The van der Waals surface area contributed by atoms with Crippen LogP contribution in [-0.4, -0.2) is 27.4 Å². The molecule has 3 aromatic rings. The molecule has 0 atom stereocenters. The van der Waals surface area contributed by atoms with Crippen LogP contribution < -0.4 is 0 Å². The Kier molecular flexibility index (Phi) is 2.38. The molecule has 0 fully saturated rings. The van der Waals surface area contributed by atoms with Gasteiger partial charge in [0.05, 0.1) is 24.4 Å². The van der Waals surface area contributed by atoms with Crippen LogP contribution in [-0.2, 0) is 4.74 Å². The second-order valence-electron chi connectivity index (χ2n) is 3.83. The highest BCUT2D eigenvalue weighted by Crippen LogP contribution is 2.20. The van der Waals surface area contributed by atoms with Crippen molar-refractivity contribution in [3.63, 3.8) is 0 Å². The number of aromatic nitrogens is 3. The lowest BCUT2D eigenvalue weighted by atomic mass is 10.1. The smallest absolute Gasteiger partial charge is 0.337 e. The number of nitrogens with zero attached hydrogens (tertiary/aromatic N) is 2. The Morgan fingerprint density at radius 1 is 1.50 bits per heavy atom. The summed E-state index contributed by atoms with van der Waals surface area (Å²) in [6.07, 6.45) is 3.35.